The van der Waals surface area contributed by atoms with Gasteiger partial charge in [0.25, 0.3) is 0 Å². The maximum atomic E-state index is 6.14. The standard InChI is InChI=1S/C13H21BrN2O/c1-9(2)13-15-8-10(3)16(13)17-12-7-5-4-6-11(12)14/h8-9,11-12H,4-7H2,1-3H3. The minimum absolute atomic E-state index is 0.272. The van der Waals surface area contributed by atoms with Crippen molar-refractivity contribution in [3.63, 3.8) is 0 Å². The third-order valence-electron chi connectivity index (χ3n) is 3.29. The molecule has 0 radical (unpaired) electrons. The minimum atomic E-state index is 0.272. The van der Waals surface area contributed by atoms with Crippen LogP contribution < -0.4 is 4.84 Å². The summed E-state index contributed by atoms with van der Waals surface area (Å²) in [5.74, 6) is 1.41. The van der Waals surface area contributed by atoms with Crippen LogP contribution in [0.3, 0.4) is 0 Å². The van der Waals surface area contributed by atoms with Crippen LogP contribution in [-0.2, 0) is 0 Å². The Bertz CT molecular complexity index is 375. The zero-order valence-electron chi connectivity index (χ0n) is 10.8. The van der Waals surface area contributed by atoms with Crippen molar-refractivity contribution in [2.75, 3.05) is 0 Å². The Morgan fingerprint density at radius 2 is 2.12 bits per heavy atom. The summed E-state index contributed by atoms with van der Waals surface area (Å²) in [6.45, 7) is 6.34. The molecule has 0 aliphatic heterocycles. The highest BCUT2D eigenvalue weighted by Crippen LogP contribution is 2.26. The summed E-state index contributed by atoms with van der Waals surface area (Å²) in [6.07, 6.45) is 7.06. The van der Waals surface area contributed by atoms with Gasteiger partial charge in [-0.1, -0.05) is 36.2 Å². The fourth-order valence-corrected chi connectivity index (χ4v) is 2.96. The number of hydrogen-bond acceptors (Lipinski definition) is 2. The molecule has 4 heteroatoms. The van der Waals surface area contributed by atoms with E-state index >= 15 is 0 Å². The second-order valence-electron chi connectivity index (χ2n) is 5.15. The highest BCUT2D eigenvalue weighted by atomic mass is 79.9. The molecule has 2 unspecified atom stereocenters. The molecule has 17 heavy (non-hydrogen) atoms. The molecule has 0 bridgehead atoms. The third-order valence-corrected chi connectivity index (χ3v) is 4.34. The zero-order chi connectivity index (χ0) is 12.4. The van der Waals surface area contributed by atoms with Crippen LogP contribution >= 0.6 is 15.9 Å². The number of aromatic nitrogens is 2. The van der Waals surface area contributed by atoms with Crippen molar-refractivity contribution >= 4 is 15.9 Å². The number of alkyl halides is 1. The van der Waals surface area contributed by atoms with E-state index < -0.39 is 0 Å². The number of rotatable bonds is 3. The largest absolute Gasteiger partial charge is 0.408 e. The molecule has 1 aromatic rings. The molecule has 1 aliphatic rings. The van der Waals surface area contributed by atoms with Crippen LogP contribution in [0.4, 0.5) is 0 Å². The van der Waals surface area contributed by atoms with E-state index in [1.807, 2.05) is 17.9 Å². The maximum absolute atomic E-state index is 6.14. The summed E-state index contributed by atoms with van der Waals surface area (Å²) in [7, 11) is 0. The number of halogens is 1. The van der Waals surface area contributed by atoms with Crippen molar-refractivity contribution in [2.24, 2.45) is 0 Å². The minimum Gasteiger partial charge on any atom is -0.408 e. The normalized spacial score (nSPS) is 25.2. The molecule has 0 N–H and O–H groups in total. The lowest BCUT2D eigenvalue weighted by Crippen LogP contribution is -2.36. The van der Waals surface area contributed by atoms with Crippen LogP contribution in [0.5, 0.6) is 0 Å². The summed E-state index contributed by atoms with van der Waals surface area (Å²) in [5, 5.41) is 0. The van der Waals surface area contributed by atoms with Crippen molar-refractivity contribution in [3.05, 3.63) is 17.7 Å². The van der Waals surface area contributed by atoms with Gasteiger partial charge in [0, 0.05) is 5.92 Å². The van der Waals surface area contributed by atoms with Gasteiger partial charge in [0.05, 0.1) is 16.7 Å². The highest BCUT2D eigenvalue weighted by molar-refractivity contribution is 9.09. The van der Waals surface area contributed by atoms with Gasteiger partial charge in [0.15, 0.2) is 0 Å². The molecule has 96 valence electrons. The maximum Gasteiger partial charge on any atom is 0.147 e. The van der Waals surface area contributed by atoms with Gasteiger partial charge in [-0.25, -0.2) is 4.98 Å². The van der Waals surface area contributed by atoms with Gasteiger partial charge in [-0.3, -0.25) is 0 Å². The van der Waals surface area contributed by atoms with Crippen LogP contribution in [0, 0.1) is 6.92 Å². The van der Waals surface area contributed by atoms with E-state index in [4.69, 9.17) is 4.84 Å². The van der Waals surface area contributed by atoms with E-state index in [-0.39, 0.29) is 6.10 Å². The number of hydrogen-bond donors (Lipinski definition) is 0. The molecule has 2 rings (SSSR count). The third kappa shape index (κ3) is 2.84. The van der Waals surface area contributed by atoms with Crippen LogP contribution in [0.15, 0.2) is 6.20 Å². The molecular weight excluding hydrogens is 280 g/mol. The van der Waals surface area contributed by atoms with Crippen molar-refractivity contribution < 1.29 is 4.84 Å². The molecule has 0 amide bonds. The number of nitrogens with zero attached hydrogens (tertiary/aromatic N) is 2. The molecule has 1 aromatic heterocycles. The summed E-state index contributed by atoms with van der Waals surface area (Å²) >= 11 is 3.73. The SMILES string of the molecule is Cc1cnc(C(C)C)n1OC1CCCCC1Br. The van der Waals surface area contributed by atoms with E-state index in [2.05, 4.69) is 34.8 Å². The summed E-state index contributed by atoms with van der Waals surface area (Å²) in [5.41, 5.74) is 1.08. The lowest BCUT2D eigenvalue weighted by atomic mass is 9.98. The monoisotopic (exact) mass is 300 g/mol. The number of imidazole rings is 1. The van der Waals surface area contributed by atoms with Gasteiger partial charge in [0.2, 0.25) is 0 Å². The summed E-state index contributed by atoms with van der Waals surface area (Å²) in [6, 6.07) is 0. The molecule has 1 fully saturated rings. The molecule has 1 aliphatic carbocycles. The van der Waals surface area contributed by atoms with Crippen LogP contribution in [0.25, 0.3) is 0 Å². The first kappa shape index (κ1) is 12.9. The Hall–Kier alpha value is -0.510. The van der Waals surface area contributed by atoms with Crippen molar-refractivity contribution in [3.8, 4) is 0 Å². The fourth-order valence-electron chi connectivity index (χ4n) is 2.27. The van der Waals surface area contributed by atoms with Gasteiger partial charge in [-0.15, -0.1) is 0 Å². The predicted octanol–water partition coefficient (Wildman–Crippen LogP) is 3.45. The average molecular weight is 301 g/mol. The van der Waals surface area contributed by atoms with Crippen LogP contribution in [0.2, 0.25) is 0 Å². The van der Waals surface area contributed by atoms with Crippen molar-refractivity contribution in [1.82, 2.24) is 9.71 Å². The topological polar surface area (TPSA) is 27.1 Å². The van der Waals surface area contributed by atoms with E-state index in [9.17, 15) is 0 Å². The predicted molar refractivity (Wildman–Crippen MR) is 72.6 cm³/mol. The smallest absolute Gasteiger partial charge is 0.147 e. The molecule has 3 nitrogen and oxygen atoms in total. The lowest BCUT2D eigenvalue weighted by molar-refractivity contribution is 0.0117. The molecule has 0 spiro atoms. The Morgan fingerprint density at radius 3 is 2.76 bits per heavy atom. The molecule has 0 aromatic carbocycles. The first-order valence-corrected chi connectivity index (χ1v) is 7.36. The molecule has 1 saturated carbocycles. The van der Waals surface area contributed by atoms with E-state index in [1.165, 1.54) is 19.3 Å². The molecule has 1 heterocycles. The Labute approximate surface area is 112 Å². The Kier molecular flexibility index (Phi) is 4.13. The van der Waals surface area contributed by atoms with Gasteiger partial charge in [-0.2, -0.15) is 4.73 Å². The van der Waals surface area contributed by atoms with Gasteiger partial charge in [-0.05, 0) is 26.2 Å². The Morgan fingerprint density at radius 1 is 1.41 bits per heavy atom. The first-order valence-electron chi connectivity index (χ1n) is 6.45. The van der Waals surface area contributed by atoms with Crippen LogP contribution in [-0.4, -0.2) is 20.6 Å². The van der Waals surface area contributed by atoms with Gasteiger partial charge < -0.3 is 4.84 Å². The first-order chi connectivity index (χ1) is 8.09. The van der Waals surface area contributed by atoms with Crippen molar-refractivity contribution in [1.29, 1.82) is 0 Å². The molecular formula is C13H21BrN2O. The quantitative estimate of drug-likeness (QED) is 0.800. The second-order valence-corrected chi connectivity index (χ2v) is 6.33. The lowest BCUT2D eigenvalue weighted by Gasteiger charge is -2.29. The summed E-state index contributed by atoms with van der Waals surface area (Å²) in [4.78, 5) is 11.0. The Balaban J connectivity index is 2.14. The summed E-state index contributed by atoms with van der Waals surface area (Å²) < 4.78 is 1.93. The average Bonchev–Trinajstić information content (AvgIpc) is 2.64. The second kappa shape index (κ2) is 5.42. The fraction of sp³-hybridized carbons (Fsp3) is 0.769. The van der Waals surface area contributed by atoms with E-state index in [0.717, 1.165) is 17.9 Å². The van der Waals surface area contributed by atoms with E-state index in [0.29, 0.717) is 10.7 Å². The van der Waals surface area contributed by atoms with Gasteiger partial charge >= 0.3 is 0 Å². The molecule has 2 atom stereocenters. The van der Waals surface area contributed by atoms with Crippen molar-refractivity contribution in [2.45, 2.75) is 63.3 Å². The van der Waals surface area contributed by atoms with Gasteiger partial charge in [0.1, 0.15) is 11.9 Å². The highest BCUT2D eigenvalue weighted by Gasteiger charge is 2.26. The zero-order valence-corrected chi connectivity index (χ0v) is 12.4. The number of aryl methyl sites for hydroxylation is 1. The van der Waals surface area contributed by atoms with Crippen LogP contribution in [0.1, 0.15) is 57.0 Å². The van der Waals surface area contributed by atoms with E-state index in [1.54, 1.807) is 0 Å². The molecule has 0 saturated heterocycles.